The molecule has 4 heteroatoms. The molecule has 1 saturated heterocycles. The topological polar surface area (TPSA) is 32.8 Å². The van der Waals surface area contributed by atoms with Gasteiger partial charge in [-0.15, -0.1) is 0 Å². The van der Waals surface area contributed by atoms with Crippen LogP contribution in [0.4, 0.5) is 5.69 Å². The van der Waals surface area contributed by atoms with Gasteiger partial charge in [0.2, 0.25) is 0 Å². The van der Waals surface area contributed by atoms with Gasteiger partial charge in [-0.25, -0.2) is 0 Å². The minimum Gasteiger partial charge on any atom is -0.484 e. The van der Waals surface area contributed by atoms with E-state index in [9.17, 15) is 4.79 Å². The zero-order chi connectivity index (χ0) is 16.1. The summed E-state index contributed by atoms with van der Waals surface area (Å²) in [5, 5.41) is 0. The van der Waals surface area contributed by atoms with Gasteiger partial charge in [-0.2, -0.15) is 0 Å². The third-order valence-electron chi connectivity index (χ3n) is 4.14. The first-order valence-corrected chi connectivity index (χ1v) is 7.99. The lowest BCUT2D eigenvalue weighted by Crippen LogP contribution is -2.50. The summed E-state index contributed by atoms with van der Waals surface area (Å²) in [7, 11) is 0. The molecular formula is C19H22N2O2. The van der Waals surface area contributed by atoms with E-state index in [-0.39, 0.29) is 12.5 Å². The molecule has 0 spiro atoms. The van der Waals surface area contributed by atoms with E-state index < -0.39 is 0 Å². The second-order valence-electron chi connectivity index (χ2n) is 5.81. The molecule has 23 heavy (non-hydrogen) atoms. The molecule has 0 aliphatic carbocycles. The predicted octanol–water partition coefficient (Wildman–Crippen LogP) is 2.72. The Morgan fingerprint density at radius 2 is 1.61 bits per heavy atom. The van der Waals surface area contributed by atoms with Crippen molar-refractivity contribution in [2.24, 2.45) is 0 Å². The molecule has 0 atom stereocenters. The van der Waals surface area contributed by atoms with Crippen molar-refractivity contribution >= 4 is 11.6 Å². The highest BCUT2D eigenvalue weighted by Gasteiger charge is 2.21. The summed E-state index contributed by atoms with van der Waals surface area (Å²) in [5.41, 5.74) is 2.49. The summed E-state index contributed by atoms with van der Waals surface area (Å²) in [4.78, 5) is 16.4. The van der Waals surface area contributed by atoms with Gasteiger partial charge in [-0.05, 0) is 31.2 Å². The van der Waals surface area contributed by atoms with Crippen molar-refractivity contribution in [1.29, 1.82) is 0 Å². The lowest BCUT2D eigenvalue weighted by atomic mass is 10.2. The minimum atomic E-state index is 0.0532. The molecule has 0 saturated carbocycles. The number of ether oxygens (including phenoxy) is 1. The molecule has 1 fully saturated rings. The number of nitrogens with zero attached hydrogens (tertiary/aromatic N) is 2. The van der Waals surface area contributed by atoms with E-state index in [4.69, 9.17) is 4.74 Å². The molecule has 3 rings (SSSR count). The van der Waals surface area contributed by atoms with Crippen LogP contribution in [-0.2, 0) is 4.79 Å². The number of para-hydroxylation sites is 1. The van der Waals surface area contributed by atoms with Crippen molar-refractivity contribution in [2.75, 3.05) is 37.7 Å². The smallest absolute Gasteiger partial charge is 0.260 e. The van der Waals surface area contributed by atoms with Crippen LogP contribution in [0.2, 0.25) is 0 Å². The first-order valence-electron chi connectivity index (χ1n) is 7.99. The highest BCUT2D eigenvalue weighted by molar-refractivity contribution is 5.78. The molecule has 2 aromatic rings. The van der Waals surface area contributed by atoms with E-state index in [2.05, 4.69) is 36.1 Å². The van der Waals surface area contributed by atoms with E-state index in [0.717, 1.165) is 31.9 Å². The summed E-state index contributed by atoms with van der Waals surface area (Å²) in [6.45, 7) is 5.40. The highest BCUT2D eigenvalue weighted by Crippen LogP contribution is 2.17. The lowest BCUT2D eigenvalue weighted by Gasteiger charge is -2.36. The van der Waals surface area contributed by atoms with Crippen LogP contribution in [0.15, 0.2) is 54.6 Å². The van der Waals surface area contributed by atoms with E-state index in [1.165, 1.54) is 11.3 Å². The molecule has 0 aromatic heterocycles. The van der Waals surface area contributed by atoms with Gasteiger partial charge in [0.05, 0.1) is 0 Å². The van der Waals surface area contributed by atoms with Crippen LogP contribution in [-0.4, -0.2) is 43.6 Å². The summed E-state index contributed by atoms with van der Waals surface area (Å²) in [5.74, 6) is 0.788. The fraction of sp³-hybridized carbons (Fsp3) is 0.316. The third kappa shape index (κ3) is 4.03. The fourth-order valence-corrected chi connectivity index (χ4v) is 2.72. The molecule has 0 N–H and O–H groups in total. The molecule has 0 bridgehead atoms. The second-order valence-corrected chi connectivity index (χ2v) is 5.81. The zero-order valence-corrected chi connectivity index (χ0v) is 13.4. The average Bonchev–Trinajstić information content (AvgIpc) is 2.61. The second kappa shape index (κ2) is 7.18. The van der Waals surface area contributed by atoms with Gasteiger partial charge < -0.3 is 14.5 Å². The number of aryl methyl sites for hydroxylation is 1. The SMILES string of the molecule is Cc1ccc(N2CCN(C(=O)COc3ccccc3)CC2)cc1. The van der Waals surface area contributed by atoms with E-state index >= 15 is 0 Å². The number of hydrogen-bond acceptors (Lipinski definition) is 3. The minimum absolute atomic E-state index is 0.0532. The number of amides is 1. The molecule has 1 amide bonds. The summed E-state index contributed by atoms with van der Waals surface area (Å²) < 4.78 is 5.54. The van der Waals surface area contributed by atoms with Crippen LogP contribution in [0.3, 0.4) is 0 Å². The molecule has 0 unspecified atom stereocenters. The van der Waals surface area contributed by atoms with Gasteiger partial charge in [0, 0.05) is 31.9 Å². The summed E-state index contributed by atoms with van der Waals surface area (Å²) in [6, 6.07) is 18.0. The van der Waals surface area contributed by atoms with Gasteiger partial charge in [0.1, 0.15) is 5.75 Å². The summed E-state index contributed by atoms with van der Waals surface area (Å²) in [6.07, 6.45) is 0. The number of rotatable bonds is 4. The van der Waals surface area contributed by atoms with Gasteiger partial charge in [-0.1, -0.05) is 35.9 Å². The third-order valence-corrected chi connectivity index (χ3v) is 4.14. The van der Waals surface area contributed by atoms with Gasteiger partial charge in [0.15, 0.2) is 6.61 Å². The van der Waals surface area contributed by atoms with Gasteiger partial charge in [0.25, 0.3) is 5.91 Å². The molecule has 4 nitrogen and oxygen atoms in total. The van der Waals surface area contributed by atoms with Crippen LogP contribution < -0.4 is 9.64 Å². The zero-order valence-electron chi connectivity index (χ0n) is 13.4. The Bertz CT molecular complexity index is 632. The van der Waals surface area contributed by atoms with Crippen molar-refractivity contribution in [3.63, 3.8) is 0 Å². The molecular weight excluding hydrogens is 288 g/mol. The molecule has 2 aromatic carbocycles. The number of hydrogen-bond donors (Lipinski definition) is 0. The van der Waals surface area contributed by atoms with Crippen LogP contribution in [0.1, 0.15) is 5.56 Å². The Morgan fingerprint density at radius 3 is 2.26 bits per heavy atom. The number of anilines is 1. The number of carbonyl (C=O) groups excluding carboxylic acids is 1. The largest absolute Gasteiger partial charge is 0.484 e. The maximum atomic E-state index is 12.2. The Hall–Kier alpha value is -2.49. The van der Waals surface area contributed by atoms with Crippen molar-refractivity contribution in [2.45, 2.75) is 6.92 Å². The lowest BCUT2D eigenvalue weighted by molar-refractivity contribution is -0.133. The molecule has 120 valence electrons. The van der Waals surface area contributed by atoms with Gasteiger partial charge >= 0.3 is 0 Å². The van der Waals surface area contributed by atoms with Crippen LogP contribution >= 0.6 is 0 Å². The fourth-order valence-electron chi connectivity index (χ4n) is 2.72. The quantitative estimate of drug-likeness (QED) is 0.870. The van der Waals surface area contributed by atoms with Crippen LogP contribution in [0.5, 0.6) is 5.75 Å². The standard InChI is InChI=1S/C19H22N2O2/c1-16-7-9-17(10-8-16)20-11-13-21(14-12-20)19(22)15-23-18-5-3-2-4-6-18/h2-10H,11-15H2,1H3. The molecule has 1 aliphatic heterocycles. The maximum Gasteiger partial charge on any atom is 0.260 e. The maximum absolute atomic E-state index is 12.2. The van der Waals surface area contributed by atoms with Crippen molar-refractivity contribution < 1.29 is 9.53 Å². The normalized spacial score (nSPS) is 14.7. The van der Waals surface area contributed by atoms with Crippen molar-refractivity contribution in [1.82, 2.24) is 4.90 Å². The van der Waals surface area contributed by atoms with Crippen molar-refractivity contribution in [3.05, 3.63) is 60.2 Å². The number of benzene rings is 2. The summed E-state index contributed by atoms with van der Waals surface area (Å²) >= 11 is 0. The number of carbonyl (C=O) groups is 1. The van der Waals surface area contributed by atoms with Crippen LogP contribution in [0, 0.1) is 6.92 Å². The molecule has 1 aliphatic rings. The molecule has 0 radical (unpaired) electrons. The Balaban J connectivity index is 1.48. The predicted molar refractivity (Wildman–Crippen MR) is 91.9 cm³/mol. The molecule has 1 heterocycles. The average molecular weight is 310 g/mol. The van der Waals surface area contributed by atoms with E-state index in [1.54, 1.807) is 0 Å². The van der Waals surface area contributed by atoms with Gasteiger partial charge in [-0.3, -0.25) is 4.79 Å². The first-order chi connectivity index (χ1) is 11.2. The Morgan fingerprint density at radius 1 is 0.957 bits per heavy atom. The monoisotopic (exact) mass is 310 g/mol. The van der Waals surface area contributed by atoms with E-state index in [0.29, 0.717) is 0 Å². The number of piperazine rings is 1. The Labute approximate surface area is 137 Å². The van der Waals surface area contributed by atoms with E-state index in [1.807, 2.05) is 35.2 Å². The Kier molecular flexibility index (Phi) is 4.81. The van der Waals surface area contributed by atoms with Crippen molar-refractivity contribution in [3.8, 4) is 5.75 Å². The highest BCUT2D eigenvalue weighted by atomic mass is 16.5. The van der Waals surface area contributed by atoms with Crippen LogP contribution in [0.25, 0.3) is 0 Å². The first kappa shape index (κ1) is 15.4.